The van der Waals surface area contributed by atoms with E-state index in [1.165, 1.54) is 0 Å². The van der Waals surface area contributed by atoms with Crippen molar-refractivity contribution in [3.8, 4) is 0 Å². The number of H-pyrrole nitrogens is 1. The molecule has 156 valence electrons. The lowest BCUT2D eigenvalue weighted by Crippen LogP contribution is -2.40. The van der Waals surface area contributed by atoms with Gasteiger partial charge in [-0.15, -0.1) is 0 Å². The van der Waals surface area contributed by atoms with Crippen molar-refractivity contribution in [2.45, 2.75) is 65.5 Å². The Hall–Kier alpha value is -2.83. The molecule has 2 aromatic rings. The van der Waals surface area contributed by atoms with E-state index in [2.05, 4.69) is 36.3 Å². The van der Waals surface area contributed by atoms with Crippen LogP contribution in [0.3, 0.4) is 0 Å². The van der Waals surface area contributed by atoms with Crippen LogP contribution in [0.15, 0.2) is 24.3 Å². The number of hydrogen-bond acceptors (Lipinski definition) is 4. The van der Waals surface area contributed by atoms with E-state index in [0.29, 0.717) is 25.2 Å². The number of rotatable bonds is 2. The van der Waals surface area contributed by atoms with Gasteiger partial charge < -0.3 is 15.0 Å². The summed E-state index contributed by atoms with van der Waals surface area (Å²) >= 11 is 0. The molecule has 2 N–H and O–H groups in total. The van der Waals surface area contributed by atoms with Crippen LogP contribution in [0.2, 0.25) is 0 Å². The number of anilines is 1. The summed E-state index contributed by atoms with van der Waals surface area (Å²) in [6.07, 6.45) is 0.224. The SMILES string of the molecule is CC(C)(C)OC(=O)N1CCc2[nH]nc(C(=O)Nc3ccccc3C(C)(C)C)c2C1. The minimum absolute atomic E-state index is 0.109. The third kappa shape index (κ3) is 4.78. The predicted octanol–water partition coefficient (Wildman–Crippen LogP) is 4.25. The number of fused-ring (bicyclic) bond motifs is 1. The molecule has 3 rings (SSSR count). The number of ether oxygens (including phenoxy) is 1. The van der Waals surface area contributed by atoms with E-state index < -0.39 is 5.60 Å². The van der Waals surface area contributed by atoms with Gasteiger partial charge in [-0.3, -0.25) is 9.89 Å². The van der Waals surface area contributed by atoms with Crippen LogP contribution in [-0.4, -0.2) is 39.2 Å². The molecule has 0 spiro atoms. The molecule has 0 atom stereocenters. The summed E-state index contributed by atoms with van der Waals surface area (Å²) in [6.45, 7) is 12.6. The van der Waals surface area contributed by atoms with Gasteiger partial charge in [0.1, 0.15) is 5.60 Å². The first-order valence-electron chi connectivity index (χ1n) is 9.90. The highest BCUT2D eigenvalue weighted by Gasteiger charge is 2.30. The van der Waals surface area contributed by atoms with E-state index in [4.69, 9.17) is 4.74 Å². The Bertz CT molecular complexity index is 919. The summed E-state index contributed by atoms with van der Waals surface area (Å²) in [5, 5.41) is 10.2. The van der Waals surface area contributed by atoms with Gasteiger partial charge in [0.05, 0.1) is 6.54 Å². The summed E-state index contributed by atoms with van der Waals surface area (Å²) < 4.78 is 5.47. The number of aromatic amines is 1. The van der Waals surface area contributed by atoms with Crippen molar-refractivity contribution in [3.05, 3.63) is 46.8 Å². The Morgan fingerprint density at radius 2 is 1.83 bits per heavy atom. The fraction of sp³-hybridized carbons (Fsp3) is 0.500. The van der Waals surface area contributed by atoms with Crippen LogP contribution in [0.4, 0.5) is 10.5 Å². The monoisotopic (exact) mass is 398 g/mol. The number of carbonyl (C=O) groups excluding carboxylic acids is 2. The van der Waals surface area contributed by atoms with Crippen LogP contribution >= 0.6 is 0 Å². The molecule has 7 nitrogen and oxygen atoms in total. The lowest BCUT2D eigenvalue weighted by Gasteiger charge is -2.30. The first kappa shape index (κ1) is 20.9. The average molecular weight is 399 g/mol. The largest absolute Gasteiger partial charge is 0.444 e. The maximum atomic E-state index is 13.0. The first-order valence-corrected chi connectivity index (χ1v) is 9.90. The lowest BCUT2D eigenvalue weighted by atomic mass is 9.86. The zero-order valence-corrected chi connectivity index (χ0v) is 18.0. The molecule has 0 fully saturated rings. The summed E-state index contributed by atoms with van der Waals surface area (Å²) in [5.74, 6) is -0.287. The molecule has 1 aliphatic rings. The van der Waals surface area contributed by atoms with E-state index in [1.54, 1.807) is 4.90 Å². The Kier molecular flexibility index (Phi) is 5.43. The molecule has 0 bridgehead atoms. The third-order valence-corrected chi connectivity index (χ3v) is 4.78. The lowest BCUT2D eigenvalue weighted by molar-refractivity contribution is 0.0222. The molecular formula is C22H30N4O3. The van der Waals surface area contributed by atoms with Crippen molar-refractivity contribution in [2.75, 3.05) is 11.9 Å². The number of benzene rings is 1. The molecule has 2 amide bonds. The topological polar surface area (TPSA) is 87.3 Å². The van der Waals surface area contributed by atoms with Crippen LogP contribution in [0.5, 0.6) is 0 Å². The molecular weight excluding hydrogens is 368 g/mol. The number of nitrogens with one attached hydrogen (secondary N) is 2. The van der Waals surface area contributed by atoms with E-state index in [0.717, 1.165) is 22.5 Å². The predicted molar refractivity (Wildman–Crippen MR) is 112 cm³/mol. The Morgan fingerprint density at radius 1 is 1.14 bits per heavy atom. The maximum Gasteiger partial charge on any atom is 0.410 e. The van der Waals surface area contributed by atoms with E-state index >= 15 is 0 Å². The highest BCUT2D eigenvalue weighted by atomic mass is 16.6. The molecule has 7 heteroatoms. The van der Waals surface area contributed by atoms with Gasteiger partial charge in [-0.05, 0) is 37.8 Å². The first-order chi connectivity index (χ1) is 13.5. The van der Waals surface area contributed by atoms with Crippen LogP contribution in [0.1, 0.15) is 68.9 Å². The van der Waals surface area contributed by atoms with Crippen molar-refractivity contribution in [1.29, 1.82) is 0 Å². The van der Waals surface area contributed by atoms with Crippen molar-refractivity contribution >= 4 is 17.7 Å². The number of carbonyl (C=O) groups is 2. The number of aromatic nitrogens is 2. The molecule has 2 heterocycles. The fourth-order valence-electron chi connectivity index (χ4n) is 3.39. The molecule has 1 aromatic carbocycles. The van der Waals surface area contributed by atoms with E-state index in [1.807, 2.05) is 45.0 Å². The number of nitrogens with zero attached hydrogens (tertiary/aromatic N) is 2. The second-order valence-corrected chi connectivity index (χ2v) is 9.43. The van der Waals surface area contributed by atoms with Crippen LogP contribution in [-0.2, 0) is 23.1 Å². The van der Waals surface area contributed by atoms with Crippen molar-refractivity contribution in [3.63, 3.8) is 0 Å². The van der Waals surface area contributed by atoms with Gasteiger partial charge >= 0.3 is 6.09 Å². The zero-order valence-electron chi connectivity index (χ0n) is 18.0. The van der Waals surface area contributed by atoms with E-state index in [9.17, 15) is 9.59 Å². The van der Waals surface area contributed by atoms with Gasteiger partial charge in [-0.1, -0.05) is 39.0 Å². The summed E-state index contributed by atoms with van der Waals surface area (Å²) in [6, 6.07) is 7.77. The normalized spacial score (nSPS) is 14.3. The molecule has 0 unspecified atom stereocenters. The number of amides is 2. The molecule has 0 aliphatic carbocycles. The van der Waals surface area contributed by atoms with Crippen LogP contribution in [0, 0.1) is 0 Å². The highest BCUT2D eigenvalue weighted by Crippen LogP contribution is 2.30. The summed E-state index contributed by atoms with van der Waals surface area (Å²) in [5.41, 5.74) is 3.09. The summed E-state index contributed by atoms with van der Waals surface area (Å²) in [7, 11) is 0. The molecule has 0 saturated heterocycles. The van der Waals surface area contributed by atoms with Gasteiger partial charge in [0, 0.05) is 29.9 Å². The Labute approximate surface area is 171 Å². The average Bonchev–Trinajstić information content (AvgIpc) is 3.03. The standard InChI is InChI=1S/C22H30N4O3/c1-21(2,3)15-9-7-8-10-17(15)23-19(27)18-14-13-26(12-11-16(14)24-25-18)20(28)29-22(4,5)6/h7-10H,11-13H2,1-6H3,(H,23,27)(H,24,25). The minimum Gasteiger partial charge on any atom is -0.444 e. The number of para-hydroxylation sites is 1. The van der Waals surface area contributed by atoms with Gasteiger partial charge in [-0.2, -0.15) is 5.10 Å². The molecule has 1 aromatic heterocycles. The maximum absolute atomic E-state index is 13.0. The van der Waals surface area contributed by atoms with Crippen molar-refractivity contribution in [1.82, 2.24) is 15.1 Å². The quantitative estimate of drug-likeness (QED) is 0.791. The van der Waals surface area contributed by atoms with Gasteiger partial charge in [0.25, 0.3) is 5.91 Å². The molecule has 29 heavy (non-hydrogen) atoms. The zero-order chi connectivity index (χ0) is 21.4. The van der Waals surface area contributed by atoms with Crippen LogP contribution in [0.25, 0.3) is 0 Å². The second-order valence-electron chi connectivity index (χ2n) is 9.43. The molecule has 0 radical (unpaired) electrons. The highest BCUT2D eigenvalue weighted by molar-refractivity contribution is 6.04. The Balaban J connectivity index is 1.81. The smallest absolute Gasteiger partial charge is 0.410 e. The van der Waals surface area contributed by atoms with Gasteiger partial charge in [0.15, 0.2) is 5.69 Å². The van der Waals surface area contributed by atoms with Gasteiger partial charge in [-0.25, -0.2) is 4.79 Å². The third-order valence-electron chi connectivity index (χ3n) is 4.78. The van der Waals surface area contributed by atoms with Crippen LogP contribution < -0.4 is 5.32 Å². The van der Waals surface area contributed by atoms with E-state index in [-0.39, 0.29) is 17.4 Å². The van der Waals surface area contributed by atoms with Gasteiger partial charge in [0.2, 0.25) is 0 Å². The van der Waals surface area contributed by atoms with Crippen molar-refractivity contribution < 1.29 is 14.3 Å². The minimum atomic E-state index is -0.565. The second kappa shape index (κ2) is 7.54. The summed E-state index contributed by atoms with van der Waals surface area (Å²) in [4.78, 5) is 27.1. The Morgan fingerprint density at radius 3 is 2.48 bits per heavy atom. The molecule has 0 saturated carbocycles. The fourth-order valence-corrected chi connectivity index (χ4v) is 3.39. The van der Waals surface area contributed by atoms with Crippen molar-refractivity contribution in [2.24, 2.45) is 0 Å². The molecule has 1 aliphatic heterocycles. The number of hydrogen-bond donors (Lipinski definition) is 2.